The Balaban J connectivity index is 2.52. The first-order chi connectivity index (χ1) is 9.69. The average Bonchev–Trinajstić information content (AvgIpc) is 2.45. The van der Waals surface area contributed by atoms with E-state index in [9.17, 15) is 4.79 Å². The molecule has 0 aliphatic carbocycles. The molecule has 0 saturated heterocycles. The second kappa shape index (κ2) is 9.50. The van der Waals surface area contributed by atoms with Gasteiger partial charge in [-0.15, -0.1) is 0 Å². The number of rotatable bonds is 9. The fourth-order valence-electron chi connectivity index (χ4n) is 2.07. The molecule has 1 rings (SSSR count). The highest BCUT2D eigenvalue weighted by Crippen LogP contribution is 2.13. The van der Waals surface area contributed by atoms with E-state index in [0.29, 0.717) is 12.8 Å². The van der Waals surface area contributed by atoms with Crippen molar-refractivity contribution in [2.24, 2.45) is 0 Å². The molecule has 4 nitrogen and oxygen atoms in total. The first-order valence-electron chi connectivity index (χ1n) is 7.41. The van der Waals surface area contributed by atoms with E-state index in [1.54, 1.807) is 0 Å². The summed E-state index contributed by atoms with van der Waals surface area (Å²) in [5, 5.41) is 11.6. The number of unbranched alkanes of at least 4 members (excludes halogenated alkanes) is 1. The van der Waals surface area contributed by atoms with Crippen LogP contribution in [-0.2, 0) is 11.3 Å². The normalized spacial score (nSPS) is 10.8. The topological polar surface area (TPSA) is 52.6 Å². The van der Waals surface area contributed by atoms with Crippen LogP contribution in [0.2, 0.25) is 0 Å². The van der Waals surface area contributed by atoms with E-state index < -0.39 is 0 Å². The number of anilines is 1. The van der Waals surface area contributed by atoms with Crippen LogP contribution in [0.5, 0.6) is 0 Å². The summed E-state index contributed by atoms with van der Waals surface area (Å²) in [5.41, 5.74) is 2.06. The van der Waals surface area contributed by atoms with Crippen LogP contribution < -0.4 is 5.32 Å². The molecule has 1 amide bonds. The number of nitrogens with zero attached hydrogens (tertiary/aromatic N) is 1. The quantitative estimate of drug-likeness (QED) is 0.683. The van der Waals surface area contributed by atoms with E-state index >= 15 is 0 Å². The Labute approximate surface area is 121 Å². The zero-order chi connectivity index (χ0) is 14.8. The van der Waals surface area contributed by atoms with Crippen molar-refractivity contribution < 1.29 is 9.90 Å². The molecule has 0 bridgehead atoms. The number of carbonyl (C=O) groups is 1. The summed E-state index contributed by atoms with van der Waals surface area (Å²) in [6.07, 6.45) is 1.86. The van der Waals surface area contributed by atoms with Gasteiger partial charge in [0.05, 0.1) is 0 Å². The van der Waals surface area contributed by atoms with E-state index in [1.807, 2.05) is 18.2 Å². The summed E-state index contributed by atoms with van der Waals surface area (Å²) < 4.78 is 0. The zero-order valence-corrected chi connectivity index (χ0v) is 12.6. The molecule has 0 aliphatic rings. The van der Waals surface area contributed by atoms with Gasteiger partial charge in [0.25, 0.3) is 0 Å². The highest BCUT2D eigenvalue weighted by molar-refractivity contribution is 5.90. The van der Waals surface area contributed by atoms with Crippen molar-refractivity contribution in [2.75, 3.05) is 25.0 Å². The Bertz CT molecular complexity index is 403. The second-order valence-corrected chi connectivity index (χ2v) is 4.89. The maximum Gasteiger partial charge on any atom is 0.224 e. The number of carbonyl (C=O) groups excluding carboxylic acids is 1. The maximum absolute atomic E-state index is 11.7. The first-order valence-corrected chi connectivity index (χ1v) is 7.41. The Kier molecular flexibility index (Phi) is 7.92. The summed E-state index contributed by atoms with van der Waals surface area (Å²) in [7, 11) is 0. The molecular weight excluding hydrogens is 252 g/mol. The van der Waals surface area contributed by atoms with Gasteiger partial charge < -0.3 is 10.4 Å². The van der Waals surface area contributed by atoms with Gasteiger partial charge in [-0.25, -0.2) is 0 Å². The molecule has 4 heteroatoms. The van der Waals surface area contributed by atoms with Crippen LogP contribution in [0.15, 0.2) is 24.3 Å². The molecule has 0 fully saturated rings. The van der Waals surface area contributed by atoms with E-state index in [-0.39, 0.29) is 12.5 Å². The Morgan fingerprint density at radius 1 is 1.25 bits per heavy atom. The average molecular weight is 278 g/mol. The molecule has 2 N–H and O–H groups in total. The van der Waals surface area contributed by atoms with Crippen LogP contribution in [0.3, 0.4) is 0 Å². The largest absolute Gasteiger partial charge is 0.396 e. The summed E-state index contributed by atoms with van der Waals surface area (Å²) in [5.74, 6) is 0.0124. The predicted molar refractivity (Wildman–Crippen MR) is 82.6 cm³/mol. The summed E-state index contributed by atoms with van der Waals surface area (Å²) in [4.78, 5) is 14.1. The molecule has 0 aliphatic heterocycles. The zero-order valence-electron chi connectivity index (χ0n) is 12.6. The number of aliphatic hydroxyl groups is 1. The third-order valence-corrected chi connectivity index (χ3v) is 3.32. The third-order valence-electron chi connectivity index (χ3n) is 3.32. The maximum atomic E-state index is 11.7. The van der Waals surface area contributed by atoms with Crippen molar-refractivity contribution in [2.45, 2.75) is 39.7 Å². The molecular formula is C16H26N2O2. The molecule has 0 radical (unpaired) electrons. The highest BCUT2D eigenvalue weighted by Gasteiger charge is 2.05. The minimum atomic E-state index is 0.0124. The van der Waals surface area contributed by atoms with Crippen LogP contribution >= 0.6 is 0 Å². The fraction of sp³-hybridized carbons (Fsp3) is 0.562. The molecule has 20 heavy (non-hydrogen) atoms. The summed E-state index contributed by atoms with van der Waals surface area (Å²) >= 11 is 0. The van der Waals surface area contributed by atoms with Crippen molar-refractivity contribution in [1.29, 1.82) is 0 Å². The summed E-state index contributed by atoms with van der Waals surface area (Å²) in [6.45, 7) is 7.39. The number of hydrogen-bond acceptors (Lipinski definition) is 3. The number of benzene rings is 1. The van der Waals surface area contributed by atoms with E-state index in [1.165, 1.54) is 5.56 Å². The minimum absolute atomic E-state index is 0.0124. The lowest BCUT2D eigenvalue weighted by atomic mass is 10.1. The van der Waals surface area contributed by atoms with Crippen LogP contribution in [0.1, 0.15) is 38.7 Å². The van der Waals surface area contributed by atoms with E-state index in [2.05, 4.69) is 30.1 Å². The Morgan fingerprint density at radius 2 is 2.00 bits per heavy atom. The Hall–Kier alpha value is -1.39. The Morgan fingerprint density at radius 3 is 2.65 bits per heavy atom. The molecule has 0 spiro atoms. The minimum Gasteiger partial charge on any atom is -0.396 e. The van der Waals surface area contributed by atoms with Crippen molar-refractivity contribution in [3.05, 3.63) is 29.8 Å². The van der Waals surface area contributed by atoms with Crippen LogP contribution in [0, 0.1) is 0 Å². The molecule has 0 aromatic heterocycles. The standard InChI is InChI=1S/C16H26N2O2/c1-3-18(4-2)13-14-8-7-9-15(12-14)17-16(20)10-5-6-11-19/h7-9,12,19H,3-6,10-11,13H2,1-2H3,(H,17,20). The molecule has 0 saturated carbocycles. The molecule has 1 aromatic rings. The molecule has 1 aromatic carbocycles. The van der Waals surface area contributed by atoms with Gasteiger partial charge in [0.15, 0.2) is 0 Å². The SMILES string of the molecule is CCN(CC)Cc1cccc(NC(=O)CCCCO)c1. The third kappa shape index (κ3) is 6.17. The van der Waals surface area contributed by atoms with E-state index in [0.717, 1.165) is 31.7 Å². The molecule has 0 atom stereocenters. The van der Waals surface area contributed by atoms with Gasteiger partial charge in [0.2, 0.25) is 5.91 Å². The first kappa shape index (κ1) is 16.7. The van der Waals surface area contributed by atoms with Gasteiger partial charge in [-0.1, -0.05) is 26.0 Å². The van der Waals surface area contributed by atoms with Crippen molar-refractivity contribution >= 4 is 11.6 Å². The number of amides is 1. The molecule has 0 heterocycles. The van der Waals surface area contributed by atoms with Gasteiger partial charge >= 0.3 is 0 Å². The van der Waals surface area contributed by atoms with Gasteiger partial charge in [-0.3, -0.25) is 9.69 Å². The summed E-state index contributed by atoms with van der Waals surface area (Å²) in [6, 6.07) is 8.00. The van der Waals surface area contributed by atoms with E-state index in [4.69, 9.17) is 5.11 Å². The number of hydrogen-bond donors (Lipinski definition) is 2. The lowest BCUT2D eigenvalue weighted by Gasteiger charge is -2.18. The lowest BCUT2D eigenvalue weighted by molar-refractivity contribution is -0.116. The number of nitrogens with one attached hydrogen (secondary N) is 1. The van der Waals surface area contributed by atoms with Gasteiger partial charge in [0.1, 0.15) is 0 Å². The smallest absolute Gasteiger partial charge is 0.224 e. The fourth-order valence-corrected chi connectivity index (χ4v) is 2.07. The van der Waals surface area contributed by atoms with Crippen molar-refractivity contribution in [3.63, 3.8) is 0 Å². The van der Waals surface area contributed by atoms with Crippen LogP contribution in [0.25, 0.3) is 0 Å². The number of aliphatic hydroxyl groups excluding tert-OH is 1. The predicted octanol–water partition coefficient (Wildman–Crippen LogP) is 2.63. The van der Waals surface area contributed by atoms with Gasteiger partial charge in [0, 0.05) is 25.3 Å². The van der Waals surface area contributed by atoms with Crippen LogP contribution in [0.4, 0.5) is 5.69 Å². The van der Waals surface area contributed by atoms with Crippen LogP contribution in [-0.4, -0.2) is 35.6 Å². The van der Waals surface area contributed by atoms with Gasteiger partial charge in [-0.2, -0.15) is 0 Å². The molecule has 0 unspecified atom stereocenters. The highest BCUT2D eigenvalue weighted by atomic mass is 16.2. The van der Waals surface area contributed by atoms with Gasteiger partial charge in [-0.05, 0) is 43.6 Å². The lowest BCUT2D eigenvalue weighted by Crippen LogP contribution is -2.22. The monoisotopic (exact) mass is 278 g/mol. The van der Waals surface area contributed by atoms with Crippen molar-refractivity contribution in [1.82, 2.24) is 4.90 Å². The second-order valence-electron chi connectivity index (χ2n) is 4.89. The molecule has 112 valence electrons. The van der Waals surface area contributed by atoms with Crippen molar-refractivity contribution in [3.8, 4) is 0 Å².